The number of urea groups is 1. The molecule has 2 aliphatic rings. The Hall–Kier alpha value is -2.99. The van der Waals surface area contributed by atoms with Crippen LogP contribution in [-0.2, 0) is 11.3 Å². The number of amides is 3. The minimum atomic E-state index is -0.945. The summed E-state index contributed by atoms with van der Waals surface area (Å²) in [4.78, 5) is 47.4. The molecule has 0 aliphatic carbocycles. The summed E-state index contributed by atoms with van der Waals surface area (Å²) in [5.74, 6) is 0.521. The van der Waals surface area contributed by atoms with Crippen LogP contribution < -0.4 is 22.5 Å². The van der Waals surface area contributed by atoms with Crippen molar-refractivity contribution in [3.05, 3.63) is 52.6 Å². The summed E-state index contributed by atoms with van der Waals surface area (Å²) >= 11 is 0. The van der Waals surface area contributed by atoms with Crippen LogP contribution >= 0.6 is 12.4 Å². The van der Waals surface area contributed by atoms with Crippen LogP contribution in [0.15, 0.2) is 41.3 Å². The Labute approximate surface area is 229 Å². The number of aromatic nitrogens is 2. The largest absolute Gasteiger partial charge is 0.354 e. The molecule has 3 heterocycles. The molecule has 11 nitrogen and oxygen atoms in total. The summed E-state index contributed by atoms with van der Waals surface area (Å²) in [6.45, 7) is 9.92. The number of piperidine rings is 1. The fourth-order valence-electron chi connectivity index (χ4n) is 4.79. The fraction of sp³-hybridized carbons (Fsp3) is 0.538. The van der Waals surface area contributed by atoms with E-state index in [9.17, 15) is 14.4 Å². The number of rotatable bonds is 5. The number of carbonyl (C=O) groups is 2. The monoisotopic (exact) mass is 546 g/mol. The van der Waals surface area contributed by atoms with E-state index in [1.54, 1.807) is 35.9 Å². The highest BCUT2D eigenvalue weighted by Crippen LogP contribution is 2.18. The summed E-state index contributed by atoms with van der Waals surface area (Å²) in [6, 6.07) is 9.36. The Morgan fingerprint density at radius 3 is 2.26 bits per heavy atom. The molecule has 1 aromatic carbocycles. The molecule has 3 amide bonds. The highest BCUT2D eigenvalue weighted by atomic mass is 35.5. The Bertz CT molecular complexity index is 1170. The minimum Gasteiger partial charge on any atom is -0.338 e. The van der Waals surface area contributed by atoms with Gasteiger partial charge < -0.3 is 21.3 Å². The van der Waals surface area contributed by atoms with E-state index < -0.39 is 11.2 Å². The van der Waals surface area contributed by atoms with Crippen LogP contribution in [0.2, 0.25) is 0 Å². The molecule has 5 N–H and O–H groups in total. The summed E-state index contributed by atoms with van der Waals surface area (Å²) in [7, 11) is 0. The molecule has 2 fully saturated rings. The van der Waals surface area contributed by atoms with E-state index >= 15 is 0 Å². The first-order valence-electron chi connectivity index (χ1n) is 12.8. The van der Waals surface area contributed by atoms with Crippen LogP contribution in [0, 0.1) is 5.92 Å². The molecule has 2 saturated heterocycles. The molecule has 208 valence electrons. The normalized spacial score (nSPS) is 20.6. The molecule has 4 rings (SSSR count). The van der Waals surface area contributed by atoms with Crippen LogP contribution in [0.3, 0.4) is 0 Å². The molecule has 0 radical (unpaired) electrons. The quantitative estimate of drug-likeness (QED) is 0.512. The Balaban J connectivity index is 0.00000400. The number of carbonyl (C=O) groups excluding carboxylic acids is 2. The van der Waals surface area contributed by atoms with Crippen molar-refractivity contribution in [2.45, 2.75) is 45.3 Å². The summed E-state index contributed by atoms with van der Waals surface area (Å²) in [6.07, 6.45) is 2.61. The number of nitrogens with two attached hydrogens (primary N) is 2. The van der Waals surface area contributed by atoms with Crippen molar-refractivity contribution in [1.29, 1.82) is 0 Å². The minimum absolute atomic E-state index is 0. The van der Waals surface area contributed by atoms with Crippen molar-refractivity contribution in [3.8, 4) is 5.69 Å². The van der Waals surface area contributed by atoms with Crippen molar-refractivity contribution >= 4 is 30.2 Å². The number of likely N-dealkylation sites (tertiary alicyclic amines) is 1. The van der Waals surface area contributed by atoms with E-state index in [0.29, 0.717) is 37.8 Å². The lowest BCUT2D eigenvalue weighted by Gasteiger charge is -2.37. The van der Waals surface area contributed by atoms with Gasteiger partial charge in [-0.05, 0) is 56.5 Å². The maximum Gasteiger partial charge on any atom is 0.354 e. The lowest BCUT2D eigenvalue weighted by atomic mass is 9.94. The number of halogens is 1. The van der Waals surface area contributed by atoms with Gasteiger partial charge in [0.2, 0.25) is 5.91 Å². The van der Waals surface area contributed by atoms with Crippen LogP contribution in [0.1, 0.15) is 32.8 Å². The van der Waals surface area contributed by atoms with Gasteiger partial charge in [0.05, 0.1) is 11.2 Å². The second-order valence-corrected chi connectivity index (χ2v) is 10.7. The van der Waals surface area contributed by atoms with Crippen LogP contribution in [0.25, 0.3) is 5.69 Å². The summed E-state index contributed by atoms with van der Waals surface area (Å²) < 4.78 is 1.44. The van der Waals surface area contributed by atoms with Gasteiger partial charge in [-0.1, -0.05) is 19.1 Å². The third-order valence-corrected chi connectivity index (χ3v) is 7.12. The molecule has 0 spiro atoms. The molecule has 0 unspecified atom stereocenters. The van der Waals surface area contributed by atoms with E-state index in [-0.39, 0.29) is 36.2 Å². The molecule has 2 atom stereocenters. The van der Waals surface area contributed by atoms with Crippen LogP contribution in [0.5, 0.6) is 0 Å². The Kier molecular flexibility index (Phi) is 9.53. The maximum atomic E-state index is 12.7. The highest BCUT2D eigenvalue weighted by molar-refractivity contribution is 5.89. The zero-order valence-electron chi connectivity index (χ0n) is 22.3. The number of hydrogen-bond acceptors (Lipinski definition) is 7. The maximum absolute atomic E-state index is 12.7. The van der Waals surface area contributed by atoms with Crippen molar-refractivity contribution < 1.29 is 9.59 Å². The van der Waals surface area contributed by atoms with E-state index in [4.69, 9.17) is 11.5 Å². The number of benzene rings is 1. The smallest absolute Gasteiger partial charge is 0.338 e. The van der Waals surface area contributed by atoms with Gasteiger partial charge >= 0.3 is 11.7 Å². The first-order chi connectivity index (χ1) is 17.5. The molecule has 12 heteroatoms. The number of anilines is 1. The van der Waals surface area contributed by atoms with E-state index in [0.717, 1.165) is 26.1 Å². The number of hydrogen-bond donors (Lipinski definition) is 3. The molecule has 2 aromatic rings. The van der Waals surface area contributed by atoms with Gasteiger partial charge in [0.25, 0.3) is 0 Å². The second-order valence-electron chi connectivity index (χ2n) is 10.7. The van der Waals surface area contributed by atoms with Gasteiger partial charge in [-0.15, -0.1) is 12.4 Å². The third kappa shape index (κ3) is 7.10. The van der Waals surface area contributed by atoms with E-state index in [2.05, 4.69) is 22.1 Å². The van der Waals surface area contributed by atoms with E-state index in [1.807, 2.05) is 24.3 Å². The zero-order chi connectivity index (χ0) is 26.7. The third-order valence-electron chi connectivity index (χ3n) is 7.12. The molecule has 38 heavy (non-hydrogen) atoms. The molecule has 1 aromatic heterocycles. The van der Waals surface area contributed by atoms with Gasteiger partial charge in [-0.25, -0.2) is 9.59 Å². The zero-order valence-corrected chi connectivity index (χ0v) is 23.1. The van der Waals surface area contributed by atoms with Gasteiger partial charge in [-0.3, -0.25) is 19.6 Å². The molecular formula is C26H39ClN8O3. The van der Waals surface area contributed by atoms with Gasteiger partial charge in [-0.2, -0.15) is 4.98 Å². The van der Waals surface area contributed by atoms with Gasteiger partial charge in [0.1, 0.15) is 5.82 Å². The molecule has 0 saturated carbocycles. The molecular weight excluding hydrogens is 508 g/mol. The lowest BCUT2D eigenvalue weighted by Crippen LogP contribution is -2.58. The summed E-state index contributed by atoms with van der Waals surface area (Å²) in [5, 5.41) is 2.69. The second kappa shape index (κ2) is 12.2. The topological polar surface area (TPSA) is 143 Å². The number of nitrogens with one attached hydrogen (secondary N) is 1. The Morgan fingerprint density at radius 2 is 1.68 bits per heavy atom. The van der Waals surface area contributed by atoms with Gasteiger partial charge in [0, 0.05) is 51.5 Å². The molecule has 2 aliphatic heterocycles. The molecule has 0 bridgehead atoms. The number of nitrogens with zero attached hydrogens (tertiary/aromatic N) is 5. The Morgan fingerprint density at radius 1 is 1.05 bits per heavy atom. The van der Waals surface area contributed by atoms with Gasteiger partial charge in [0.15, 0.2) is 0 Å². The summed E-state index contributed by atoms with van der Waals surface area (Å²) in [5.41, 5.74) is 12.5. The number of piperazine rings is 1. The van der Waals surface area contributed by atoms with Crippen LogP contribution in [0.4, 0.5) is 10.6 Å². The fourth-order valence-corrected chi connectivity index (χ4v) is 4.79. The predicted octanol–water partition coefficient (Wildman–Crippen LogP) is 1.24. The predicted molar refractivity (Wildman–Crippen MR) is 150 cm³/mol. The first kappa shape index (κ1) is 29.6. The van der Waals surface area contributed by atoms with Crippen molar-refractivity contribution in [2.24, 2.45) is 17.4 Å². The van der Waals surface area contributed by atoms with Crippen molar-refractivity contribution in [2.75, 3.05) is 44.6 Å². The first-order valence-corrected chi connectivity index (χ1v) is 12.8. The average molecular weight is 547 g/mol. The SMILES string of the molecule is C[C@@H]1CN(Cc2ccc(-n3ccc(NC(=O)N4CCN(C(=O)C(C)(C)N)CC4)nc3=O)cc2)CC[C@@H]1N.Cl. The van der Waals surface area contributed by atoms with Crippen LogP contribution in [-0.4, -0.2) is 87.0 Å². The van der Waals surface area contributed by atoms with Crippen molar-refractivity contribution in [1.82, 2.24) is 24.3 Å². The standard InChI is InChI=1S/C26H38N8O3.ClH/c1-18-16-31(10-8-21(18)27)17-19-4-6-20(7-5-19)34-11-9-22(30-25(34)37)29-24(36)33-14-12-32(13-15-33)23(35)26(2,3)28;/h4-7,9,11,18,21H,8,10,12-17,27-28H2,1-3H3,(H,29,30,36,37);1H/t18-,21+;/m1./s1. The van der Waals surface area contributed by atoms with E-state index in [1.165, 1.54) is 10.1 Å². The average Bonchev–Trinajstić information content (AvgIpc) is 2.86. The highest BCUT2D eigenvalue weighted by Gasteiger charge is 2.31. The lowest BCUT2D eigenvalue weighted by molar-refractivity contribution is -0.137. The van der Waals surface area contributed by atoms with Crippen molar-refractivity contribution in [3.63, 3.8) is 0 Å².